The molecule has 4 heteroatoms. The van der Waals surface area contributed by atoms with E-state index in [0.717, 1.165) is 24.0 Å². The van der Waals surface area contributed by atoms with E-state index < -0.39 is 0 Å². The number of nitrogens with zero attached hydrogens (tertiary/aromatic N) is 2. The molecule has 1 aliphatic rings. The molecule has 1 aliphatic carbocycles. The zero-order valence-electron chi connectivity index (χ0n) is 9.87. The van der Waals surface area contributed by atoms with Crippen LogP contribution in [-0.4, -0.2) is 16.5 Å². The zero-order chi connectivity index (χ0) is 11.4. The largest absolute Gasteiger partial charge is 0.370 e. The fourth-order valence-electron chi connectivity index (χ4n) is 2.39. The zero-order valence-corrected chi connectivity index (χ0v) is 9.87. The lowest BCUT2D eigenvalue weighted by molar-refractivity contribution is 0.518. The van der Waals surface area contributed by atoms with Gasteiger partial charge in [-0.3, -0.25) is 0 Å². The Morgan fingerprint density at radius 1 is 1.38 bits per heavy atom. The number of aryl methyl sites for hydroxylation is 1. The molecule has 0 spiro atoms. The third kappa shape index (κ3) is 3.08. The summed E-state index contributed by atoms with van der Waals surface area (Å²) in [6.45, 7) is 2.92. The Labute approximate surface area is 96.7 Å². The second-order valence-electron chi connectivity index (χ2n) is 4.62. The molecule has 0 aliphatic heterocycles. The lowest BCUT2D eigenvalue weighted by Gasteiger charge is -2.10. The molecule has 0 amide bonds. The number of aromatic nitrogens is 2. The van der Waals surface area contributed by atoms with Crippen molar-refractivity contribution >= 4 is 11.8 Å². The van der Waals surface area contributed by atoms with E-state index in [1.165, 1.54) is 32.1 Å². The molecule has 0 bridgehead atoms. The van der Waals surface area contributed by atoms with Gasteiger partial charge in [-0.05, 0) is 19.3 Å². The van der Waals surface area contributed by atoms with Crippen LogP contribution >= 0.6 is 0 Å². The Balaban J connectivity index is 1.80. The summed E-state index contributed by atoms with van der Waals surface area (Å²) in [5.74, 6) is 2.11. The minimum Gasteiger partial charge on any atom is -0.370 e. The van der Waals surface area contributed by atoms with Crippen LogP contribution in [-0.2, 0) is 0 Å². The first-order chi connectivity index (χ1) is 7.74. The minimum atomic E-state index is 0.350. The van der Waals surface area contributed by atoms with Crippen LogP contribution in [0.15, 0.2) is 6.07 Å². The highest BCUT2D eigenvalue weighted by Gasteiger charge is 2.14. The molecule has 0 atom stereocenters. The summed E-state index contributed by atoms with van der Waals surface area (Å²) in [7, 11) is 0. The first kappa shape index (κ1) is 11.2. The number of nitrogens with one attached hydrogen (secondary N) is 1. The maximum absolute atomic E-state index is 5.59. The topological polar surface area (TPSA) is 63.8 Å². The van der Waals surface area contributed by atoms with Crippen LogP contribution in [0.25, 0.3) is 0 Å². The molecule has 1 heterocycles. The Hall–Kier alpha value is -1.32. The van der Waals surface area contributed by atoms with Crippen molar-refractivity contribution in [3.63, 3.8) is 0 Å². The SMILES string of the molecule is Cc1cc(NCCC2CCCC2)nc(N)n1. The Morgan fingerprint density at radius 3 is 2.81 bits per heavy atom. The molecule has 0 radical (unpaired) electrons. The van der Waals surface area contributed by atoms with E-state index in [1.54, 1.807) is 0 Å². The third-order valence-electron chi connectivity index (χ3n) is 3.20. The van der Waals surface area contributed by atoms with Gasteiger partial charge in [-0.1, -0.05) is 25.7 Å². The molecule has 4 nitrogen and oxygen atoms in total. The molecule has 3 N–H and O–H groups in total. The number of nitrogen functional groups attached to an aromatic ring is 1. The smallest absolute Gasteiger partial charge is 0.222 e. The molecule has 1 saturated carbocycles. The summed E-state index contributed by atoms with van der Waals surface area (Å²) in [5.41, 5.74) is 6.50. The number of nitrogens with two attached hydrogens (primary N) is 1. The van der Waals surface area contributed by atoms with E-state index in [9.17, 15) is 0 Å². The van der Waals surface area contributed by atoms with Crippen molar-refractivity contribution in [1.29, 1.82) is 0 Å². The van der Waals surface area contributed by atoms with E-state index >= 15 is 0 Å². The Morgan fingerprint density at radius 2 is 2.12 bits per heavy atom. The van der Waals surface area contributed by atoms with Crippen molar-refractivity contribution in [2.24, 2.45) is 5.92 Å². The van der Waals surface area contributed by atoms with Gasteiger partial charge in [-0.15, -0.1) is 0 Å². The van der Waals surface area contributed by atoms with Crippen molar-refractivity contribution < 1.29 is 0 Å². The maximum Gasteiger partial charge on any atom is 0.222 e. The molecule has 1 aromatic heterocycles. The van der Waals surface area contributed by atoms with E-state index in [4.69, 9.17) is 5.73 Å². The summed E-state index contributed by atoms with van der Waals surface area (Å²) < 4.78 is 0. The maximum atomic E-state index is 5.59. The summed E-state index contributed by atoms with van der Waals surface area (Å²) in [6.07, 6.45) is 6.84. The van der Waals surface area contributed by atoms with Crippen molar-refractivity contribution in [1.82, 2.24) is 9.97 Å². The van der Waals surface area contributed by atoms with Gasteiger partial charge in [0.25, 0.3) is 0 Å². The predicted molar refractivity (Wildman–Crippen MR) is 66.2 cm³/mol. The monoisotopic (exact) mass is 220 g/mol. The quantitative estimate of drug-likeness (QED) is 0.817. The molecular formula is C12H20N4. The van der Waals surface area contributed by atoms with Crippen LogP contribution in [0.5, 0.6) is 0 Å². The van der Waals surface area contributed by atoms with Crippen LogP contribution in [0, 0.1) is 12.8 Å². The predicted octanol–water partition coefficient (Wildman–Crippen LogP) is 2.36. The standard InChI is InChI=1S/C12H20N4/c1-9-8-11(16-12(13)15-9)14-7-6-10-4-2-3-5-10/h8,10H,2-7H2,1H3,(H3,13,14,15,16). The Bertz CT molecular complexity index is 325. The average Bonchev–Trinajstić information content (AvgIpc) is 2.69. The number of hydrogen-bond donors (Lipinski definition) is 2. The number of hydrogen-bond acceptors (Lipinski definition) is 4. The van der Waals surface area contributed by atoms with E-state index in [0.29, 0.717) is 5.95 Å². The highest BCUT2D eigenvalue weighted by Crippen LogP contribution is 2.27. The summed E-state index contributed by atoms with van der Waals surface area (Å²) in [6, 6.07) is 1.94. The van der Waals surface area contributed by atoms with Gasteiger partial charge in [0.05, 0.1) is 0 Å². The lowest BCUT2D eigenvalue weighted by atomic mass is 10.0. The van der Waals surface area contributed by atoms with Crippen LogP contribution in [0.2, 0.25) is 0 Å². The van der Waals surface area contributed by atoms with E-state index in [2.05, 4.69) is 15.3 Å². The average molecular weight is 220 g/mol. The molecule has 2 rings (SSSR count). The molecular weight excluding hydrogens is 200 g/mol. The highest BCUT2D eigenvalue weighted by molar-refractivity contribution is 5.39. The van der Waals surface area contributed by atoms with E-state index in [-0.39, 0.29) is 0 Å². The van der Waals surface area contributed by atoms with Crippen molar-refractivity contribution in [3.8, 4) is 0 Å². The van der Waals surface area contributed by atoms with Gasteiger partial charge in [0.15, 0.2) is 0 Å². The summed E-state index contributed by atoms with van der Waals surface area (Å²) in [4.78, 5) is 8.20. The molecule has 16 heavy (non-hydrogen) atoms. The van der Waals surface area contributed by atoms with Crippen molar-refractivity contribution in [3.05, 3.63) is 11.8 Å². The summed E-state index contributed by atoms with van der Waals surface area (Å²) >= 11 is 0. The fourth-order valence-corrected chi connectivity index (χ4v) is 2.39. The van der Waals surface area contributed by atoms with Crippen molar-refractivity contribution in [2.45, 2.75) is 39.0 Å². The van der Waals surface area contributed by atoms with Gasteiger partial charge >= 0.3 is 0 Å². The minimum absolute atomic E-state index is 0.350. The van der Waals surface area contributed by atoms with Crippen LogP contribution in [0.3, 0.4) is 0 Å². The van der Waals surface area contributed by atoms with Crippen LogP contribution in [0.4, 0.5) is 11.8 Å². The molecule has 1 aromatic rings. The highest BCUT2D eigenvalue weighted by atomic mass is 15.1. The second-order valence-corrected chi connectivity index (χ2v) is 4.62. The van der Waals surface area contributed by atoms with Gasteiger partial charge in [-0.2, -0.15) is 4.98 Å². The molecule has 0 unspecified atom stereocenters. The van der Waals surface area contributed by atoms with Gasteiger partial charge < -0.3 is 11.1 Å². The van der Waals surface area contributed by atoms with Crippen LogP contribution in [0.1, 0.15) is 37.8 Å². The van der Waals surface area contributed by atoms with Gasteiger partial charge in [0.2, 0.25) is 5.95 Å². The molecule has 0 saturated heterocycles. The Kier molecular flexibility index (Phi) is 3.59. The van der Waals surface area contributed by atoms with Gasteiger partial charge in [0, 0.05) is 18.3 Å². The van der Waals surface area contributed by atoms with E-state index in [1.807, 2.05) is 13.0 Å². The third-order valence-corrected chi connectivity index (χ3v) is 3.20. The second kappa shape index (κ2) is 5.14. The van der Waals surface area contributed by atoms with Crippen molar-refractivity contribution in [2.75, 3.05) is 17.6 Å². The molecule has 88 valence electrons. The number of anilines is 2. The van der Waals surface area contributed by atoms with Crippen LogP contribution < -0.4 is 11.1 Å². The van der Waals surface area contributed by atoms with Gasteiger partial charge in [0.1, 0.15) is 5.82 Å². The summed E-state index contributed by atoms with van der Waals surface area (Å²) in [5, 5.41) is 3.32. The fraction of sp³-hybridized carbons (Fsp3) is 0.667. The van der Waals surface area contributed by atoms with Gasteiger partial charge in [-0.25, -0.2) is 4.98 Å². The number of rotatable bonds is 4. The lowest BCUT2D eigenvalue weighted by Crippen LogP contribution is -2.09. The first-order valence-corrected chi connectivity index (χ1v) is 6.09. The molecule has 1 fully saturated rings. The normalized spacial score (nSPS) is 16.6. The molecule has 0 aromatic carbocycles. The first-order valence-electron chi connectivity index (χ1n) is 6.09.